The van der Waals surface area contributed by atoms with Crippen molar-refractivity contribution in [3.8, 4) is 0 Å². The number of hydrogen-bond acceptors (Lipinski definition) is 5. The predicted molar refractivity (Wildman–Crippen MR) is 142 cm³/mol. The van der Waals surface area contributed by atoms with Gasteiger partial charge in [0, 0.05) is 6.54 Å². The maximum absolute atomic E-state index is 13.5. The lowest BCUT2D eigenvalue weighted by Gasteiger charge is -2.32. The van der Waals surface area contributed by atoms with Crippen LogP contribution in [0.25, 0.3) is 0 Å². The van der Waals surface area contributed by atoms with Gasteiger partial charge < -0.3 is 26.0 Å². The molecule has 3 atom stereocenters. The highest BCUT2D eigenvalue weighted by atomic mass is 16.3. The molecule has 0 aromatic heterocycles. The molecule has 0 aliphatic carbocycles. The Kier molecular flexibility index (Phi) is 11.8. The van der Waals surface area contributed by atoms with E-state index in [1.165, 1.54) is 0 Å². The molecule has 3 rings (SSSR count). The van der Waals surface area contributed by atoms with Crippen LogP contribution in [0.3, 0.4) is 0 Å². The Labute approximate surface area is 218 Å². The summed E-state index contributed by atoms with van der Waals surface area (Å²) in [5, 5.41) is 15.8. The molecule has 9 heteroatoms. The largest absolute Gasteiger partial charge is 0.483 e. The topological polar surface area (TPSA) is 128 Å². The second kappa shape index (κ2) is 14.7. The van der Waals surface area contributed by atoms with Crippen LogP contribution in [0.1, 0.15) is 50.8 Å². The van der Waals surface area contributed by atoms with E-state index >= 15 is 0 Å². The third-order valence-corrected chi connectivity index (χ3v) is 6.45. The minimum atomic E-state index is -0.684. The molecule has 200 valence electrons. The van der Waals surface area contributed by atoms with Gasteiger partial charge in [0.1, 0.15) is 12.1 Å². The SMILES string of the molecule is CN[C@@H](C)C(=O)N[C@H](C(=O)N1CCC[C@@H]1C(=O)NC(c1ccccc1)c1ccccc1)C(C)C.O=CO. The molecular weight excluding hydrogens is 472 g/mol. The van der Waals surface area contributed by atoms with Crippen LogP contribution in [-0.4, -0.2) is 65.9 Å². The minimum absolute atomic E-state index is 0.105. The molecule has 2 aromatic carbocycles. The number of amides is 3. The normalized spacial score (nSPS) is 16.4. The number of likely N-dealkylation sites (tertiary alicyclic amines) is 1. The molecule has 1 saturated heterocycles. The highest BCUT2D eigenvalue weighted by Crippen LogP contribution is 2.25. The second-order valence-corrected chi connectivity index (χ2v) is 9.30. The summed E-state index contributed by atoms with van der Waals surface area (Å²) < 4.78 is 0. The Bertz CT molecular complexity index is 976. The summed E-state index contributed by atoms with van der Waals surface area (Å²) in [6, 6.07) is 17.7. The summed E-state index contributed by atoms with van der Waals surface area (Å²) in [6.45, 7) is 5.80. The molecule has 1 fully saturated rings. The molecule has 3 amide bonds. The first-order valence-electron chi connectivity index (χ1n) is 12.5. The van der Waals surface area contributed by atoms with Crippen molar-refractivity contribution >= 4 is 24.2 Å². The van der Waals surface area contributed by atoms with Crippen molar-refractivity contribution in [2.75, 3.05) is 13.6 Å². The molecule has 0 bridgehead atoms. The van der Waals surface area contributed by atoms with Gasteiger partial charge in [-0.2, -0.15) is 0 Å². The molecule has 4 N–H and O–H groups in total. The summed E-state index contributed by atoms with van der Waals surface area (Å²) in [5.41, 5.74) is 1.96. The zero-order valence-electron chi connectivity index (χ0n) is 21.9. The van der Waals surface area contributed by atoms with E-state index in [2.05, 4.69) is 16.0 Å². The lowest BCUT2D eigenvalue weighted by Crippen LogP contribution is -2.57. The van der Waals surface area contributed by atoms with Crippen molar-refractivity contribution in [3.63, 3.8) is 0 Å². The van der Waals surface area contributed by atoms with Crippen LogP contribution in [0.15, 0.2) is 60.7 Å². The number of carboxylic acid groups (broad SMARTS) is 1. The van der Waals surface area contributed by atoms with Crippen molar-refractivity contribution in [2.24, 2.45) is 5.92 Å². The number of rotatable bonds is 9. The van der Waals surface area contributed by atoms with Gasteiger partial charge in [-0.3, -0.25) is 19.2 Å². The zero-order chi connectivity index (χ0) is 27.4. The van der Waals surface area contributed by atoms with E-state index in [0.717, 1.165) is 17.5 Å². The van der Waals surface area contributed by atoms with E-state index < -0.39 is 18.1 Å². The first-order valence-corrected chi connectivity index (χ1v) is 12.5. The molecule has 0 unspecified atom stereocenters. The molecule has 2 aromatic rings. The van der Waals surface area contributed by atoms with E-state index in [1.54, 1.807) is 18.9 Å². The predicted octanol–water partition coefficient (Wildman–Crippen LogP) is 2.33. The van der Waals surface area contributed by atoms with Gasteiger partial charge in [0.15, 0.2) is 0 Å². The number of carbonyl (C=O) groups is 4. The number of nitrogens with one attached hydrogen (secondary N) is 3. The first kappa shape index (κ1) is 29.5. The summed E-state index contributed by atoms with van der Waals surface area (Å²) in [4.78, 5) is 49.4. The van der Waals surface area contributed by atoms with E-state index in [0.29, 0.717) is 13.0 Å². The molecule has 9 nitrogen and oxygen atoms in total. The van der Waals surface area contributed by atoms with Crippen LogP contribution in [0, 0.1) is 5.92 Å². The van der Waals surface area contributed by atoms with Crippen LogP contribution >= 0.6 is 0 Å². The van der Waals surface area contributed by atoms with E-state index in [-0.39, 0.29) is 36.2 Å². The van der Waals surface area contributed by atoms with Gasteiger partial charge in [-0.15, -0.1) is 0 Å². The number of hydrogen-bond donors (Lipinski definition) is 4. The Balaban J connectivity index is 0.00000153. The number of likely N-dealkylation sites (N-methyl/N-ethyl adjacent to an activating group) is 1. The van der Waals surface area contributed by atoms with Crippen LogP contribution < -0.4 is 16.0 Å². The van der Waals surface area contributed by atoms with Crippen LogP contribution in [0.2, 0.25) is 0 Å². The van der Waals surface area contributed by atoms with Gasteiger partial charge in [-0.1, -0.05) is 74.5 Å². The number of carbonyl (C=O) groups excluding carboxylic acids is 3. The summed E-state index contributed by atoms with van der Waals surface area (Å²) in [7, 11) is 1.70. The van der Waals surface area contributed by atoms with Gasteiger partial charge in [0.05, 0.1) is 12.1 Å². The molecule has 1 heterocycles. The smallest absolute Gasteiger partial charge is 0.290 e. The van der Waals surface area contributed by atoms with Gasteiger partial charge in [0.2, 0.25) is 17.7 Å². The Morgan fingerprint density at radius 2 is 1.46 bits per heavy atom. The summed E-state index contributed by atoms with van der Waals surface area (Å²) in [6.07, 6.45) is 1.34. The molecule has 1 aliphatic rings. The Morgan fingerprint density at radius 1 is 0.946 bits per heavy atom. The average Bonchev–Trinajstić information content (AvgIpc) is 3.41. The van der Waals surface area contributed by atoms with E-state index in [9.17, 15) is 14.4 Å². The Morgan fingerprint density at radius 3 is 1.92 bits per heavy atom. The Hall–Kier alpha value is -3.72. The molecule has 0 radical (unpaired) electrons. The van der Waals surface area contributed by atoms with Crippen molar-refractivity contribution in [1.82, 2.24) is 20.9 Å². The summed E-state index contributed by atoms with van der Waals surface area (Å²) in [5.74, 6) is -0.726. The van der Waals surface area contributed by atoms with Crippen molar-refractivity contribution in [2.45, 2.75) is 57.8 Å². The third kappa shape index (κ3) is 8.15. The molecule has 0 saturated carbocycles. The highest BCUT2D eigenvalue weighted by molar-refractivity contribution is 5.93. The fourth-order valence-electron chi connectivity index (χ4n) is 4.29. The number of nitrogens with zero attached hydrogens (tertiary/aromatic N) is 1. The van der Waals surface area contributed by atoms with Gasteiger partial charge in [0.25, 0.3) is 6.47 Å². The number of benzene rings is 2. The quantitative estimate of drug-likeness (QED) is 0.384. The van der Waals surface area contributed by atoms with E-state index in [1.807, 2.05) is 74.5 Å². The van der Waals surface area contributed by atoms with Crippen molar-refractivity contribution in [3.05, 3.63) is 71.8 Å². The fraction of sp³-hybridized carbons (Fsp3) is 0.429. The maximum atomic E-state index is 13.5. The second-order valence-electron chi connectivity index (χ2n) is 9.30. The lowest BCUT2D eigenvalue weighted by atomic mass is 9.98. The lowest BCUT2D eigenvalue weighted by molar-refractivity contribution is -0.142. The highest BCUT2D eigenvalue weighted by Gasteiger charge is 2.39. The van der Waals surface area contributed by atoms with Crippen LogP contribution in [0.5, 0.6) is 0 Å². The molecule has 37 heavy (non-hydrogen) atoms. The monoisotopic (exact) mass is 510 g/mol. The maximum Gasteiger partial charge on any atom is 0.290 e. The molecule has 1 aliphatic heterocycles. The molecular formula is C28H38N4O5. The minimum Gasteiger partial charge on any atom is -0.483 e. The third-order valence-electron chi connectivity index (χ3n) is 6.45. The fourth-order valence-corrected chi connectivity index (χ4v) is 4.29. The zero-order valence-corrected chi connectivity index (χ0v) is 21.9. The van der Waals surface area contributed by atoms with Crippen LogP contribution in [0.4, 0.5) is 0 Å². The van der Waals surface area contributed by atoms with Crippen molar-refractivity contribution in [1.29, 1.82) is 0 Å². The van der Waals surface area contributed by atoms with Crippen LogP contribution in [-0.2, 0) is 19.2 Å². The van der Waals surface area contributed by atoms with Gasteiger partial charge >= 0.3 is 0 Å². The van der Waals surface area contributed by atoms with Gasteiger partial charge in [-0.25, -0.2) is 0 Å². The molecule has 0 spiro atoms. The van der Waals surface area contributed by atoms with Gasteiger partial charge in [-0.05, 0) is 43.9 Å². The first-order chi connectivity index (χ1) is 17.7. The summed E-state index contributed by atoms with van der Waals surface area (Å²) >= 11 is 0. The van der Waals surface area contributed by atoms with Crippen molar-refractivity contribution < 1.29 is 24.3 Å². The van der Waals surface area contributed by atoms with E-state index in [4.69, 9.17) is 9.90 Å². The standard InChI is InChI=1S/C27H36N4O3.CH2O2/c1-18(2)23(29-25(32)19(3)28-4)27(34)31-17-11-16-22(31)26(33)30-24(20-12-7-5-8-13-20)21-14-9-6-10-15-21;2-1-3/h5-10,12-15,18-19,22-24,28H,11,16-17H2,1-4H3,(H,29,32)(H,30,33);1H,(H,2,3)/t19-,22+,23-;/m0./s1. The average molecular weight is 511 g/mol.